The van der Waals surface area contributed by atoms with Gasteiger partial charge in [0.1, 0.15) is 12.2 Å². The quantitative estimate of drug-likeness (QED) is 0.540. The Hall–Kier alpha value is -1.44. The minimum absolute atomic E-state index is 0.0338. The van der Waals surface area contributed by atoms with Crippen LogP contribution in [0.3, 0.4) is 0 Å². The lowest BCUT2D eigenvalue weighted by molar-refractivity contribution is -0.453. The first kappa shape index (κ1) is 17.6. The minimum atomic E-state index is -1.16. The van der Waals surface area contributed by atoms with Crippen molar-refractivity contribution in [3.63, 3.8) is 0 Å². The molecule has 0 radical (unpaired) electrons. The number of hydrogen-bond donors (Lipinski definition) is 0. The Labute approximate surface area is 158 Å². The van der Waals surface area contributed by atoms with Crippen molar-refractivity contribution in [2.75, 3.05) is 7.11 Å². The van der Waals surface area contributed by atoms with E-state index in [1.54, 1.807) is 6.92 Å². The summed E-state index contributed by atoms with van der Waals surface area (Å²) in [6.07, 6.45) is 5.85. The van der Waals surface area contributed by atoms with E-state index in [2.05, 4.69) is 6.08 Å². The van der Waals surface area contributed by atoms with Crippen LogP contribution in [-0.2, 0) is 28.7 Å². The Morgan fingerprint density at radius 3 is 2.74 bits per heavy atom. The molecular weight excluding hydrogens is 350 g/mol. The molecule has 2 saturated carbocycles. The number of hydrogen-bond acceptors (Lipinski definition) is 7. The number of carbonyl (C=O) groups is 2. The van der Waals surface area contributed by atoms with Gasteiger partial charge in [0.25, 0.3) is 0 Å². The summed E-state index contributed by atoms with van der Waals surface area (Å²) in [5.41, 5.74) is -1.03. The molecule has 7 atom stereocenters. The summed E-state index contributed by atoms with van der Waals surface area (Å²) in [4.78, 5) is 38.3. The van der Waals surface area contributed by atoms with Crippen molar-refractivity contribution in [2.45, 2.75) is 76.7 Å². The third-order valence-electron chi connectivity index (χ3n) is 7.82. The van der Waals surface area contributed by atoms with E-state index in [9.17, 15) is 9.59 Å². The van der Waals surface area contributed by atoms with Crippen LogP contribution >= 0.6 is 0 Å². The van der Waals surface area contributed by atoms with Gasteiger partial charge in [0, 0.05) is 11.3 Å². The lowest BCUT2D eigenvalue weighted by Crippen LogP contribution is -2.76. The molecule has 0 amide bonds. The first-order valence-electron chi connectivity index (χ1n) is 9.88. The number of nitrogens with zero attached hydrogens (tertiary/aromatic N) is 1. The Morgan fingerprint density at radius 1 is 1.30 bits per heavy atom. The van der Waals surface area contributed by atoms with Crippen LogP contribution in [0.25, 0.3) is 0 Å². The highest BCUT2D eigenvalue weighted by atomic mass is 17.0. The Bertz CT molecular complexity index is 747. The van der Waals surface area contributed by atoms with Gasteiger partial charge in [-0.15, -0.1) is 0 Å². The topological polar surface area (TPSA) is 74.3 Å². The lowest BCUT2D eigenvalue weighted by atomic mass is 9.41. The van der Waals surface area contributed by atoms with Crippen LogP contribution < -0.4 is 0 Å². The van der Waals surface area contributed by atoms with E-state index in [0.717, 1.165) is 37.7 Å². The molecule has 7 nitrogen and oxygen atoms in total. The maximum atomic E-state index is 13.3. The predicted octanol–water partition coefficient (Wildman–Crippen LogP) is 2.31. The summed E-state index contributed by atoms with van der Waals surface area (Å²) in [5.74, 6) is -0.739. The van der Waals surface area contributed by atoms with Crippen LogP contribution in [-0.4, -0.2) is 48.1 Å². The van der Waals surface area contributed by atoms with Crippen LogP contribution in [0.1, 0.15) is 52.9 Å². The molecule has 6 aliphatic rings. The molecule has 6 fully saturated rings. The van der Waals surface area contributed by atoms with E-state index in [1.165, 1.54) is 12.3 Å². The van der Waals surface area contributed by atoms with Crippen LogP contribution in [0.4, 0.5) is 0 Å². The van der Waals surface area contributed by atoms with E-state index in [1.807, 2.05) is 13.8 Å². The molecule has 4 bridgehead atoms. The molecule has 4 saturated heterocycles. The summed E-state index contributed by atoms with van der Waals surface area (Å²) in [5, 5.41) is 1.45. The van der Waals surface area contributed by atoms with Crippen LogP contribution in [0.2, 0.25) is 0 Å². The van der Waals surface area contributed by atoms with Gasteiger partial charge < -0.3 is 9.47 Å². The summed E-state index contributed by atoms with van der Waals surface area (Å²) in [6.45, 7) is 5.82. The van der Waals surface area contributed by atoms with Gasteiger partial charge in [0.2, 0.25) is 0 Å². The monoisotopic (exact) mass is 377 g/mol. The molecule has 0 aromatic carbocycles. The van der Waals surface area contributed by atoms with Crippen molar-refractivity contribution in [3.8, 4) is 0 Å². The van der Waals surface area contributed by atoms with Gasteiger partial charge in [-0.1, -0.05) is 16.9 Å². The van der Waals surface area contributed by atoms with E-state index < -0.39 is 17.0 Å². The molecule has 0 aromatic rings. The minimum Gasteiger partial charge on any atom is -0.467 e. The van der Waals surface area contributed by atoms with Crippen molar-refractivity contribution < 1.29 is 28.7 Å². The highest BCUT2D eigenvalue weighted by molar-refractivity contribution is 5.84. The highest BCUT2D eigenvalue weighted by Crippen LogP contribution is 2.72. The van der Waals surface area contributed by atoms with Crippen molar-refractivity contribution >= 4 is 11.9 Å². The second-order valence-electron chi connectivity index (χ2n) is 9.23. The summed E-state index contributed by atoms with van der Waals surface area (Å²) < 4.78 is 10.8. The summed E-state index contributed by atoms with van der Waals surface area (Å²) in [6, 6.07) is -0.328. The number of rotatable bonds is 2. The molecule has 2 aliphatic carbocycles. The van der Waals surface area contributed by atoms with Crippen LogP contribution in [0.5, 0.6) is 0 Å². The number of fused-ring (bicyclic) bond motifs is 2. The second-order valence-corrected chi connectivity index (χ2v) is 9.23. The molecule has 4 heterocycles. The van der Waals surface area contributed by atoms with Crippen molar-refractivity contribution in [2.24, 2.45) is 16.7 Å². The normalized spacial score (nSPS) is 50.0. The predicted molar refractivity (Wildman–Crippen MR) is 92.8 cm³/mol. The van der Waals surface area contributed by atoms with Gasteiger partial charge >= 0.3 is 11.9 Å². The molecule has 4 aliphatic heterocycles. The Balaban J connectivity index is 1.70. The molecular formula is C20H27NO6. The Morgan fingerprint density at radius 2 is 2.07 bits per heavy atom. The van der Waals surface area contributed by atoms with Gasteiger partial charge in [-0.2, -0.15) is 0 Å². The van der Waals surface area contributed by atoms with Crippen molar-refractivity contribution in [3.05, 3.63) is 11.6 Å². The zero-order valence-corrected chi connectivity index (χ0v) is 16.3. The smallest absolute Gasteiger partial charge is 0.340 e. The first-order chi connectivity index (χ1) is 12.8. The van der Waals surface area contributed by atoms with Gasteiger partial charge in [-0.25, -0.2) is 4.79 Å². The van der Waals surface area contributed by atoms with Gasteiger partial charge in [0.05, 0.1) is 18.6 Å². The third-order valence-corrected chi connectivity index (χ3v) is 7.82. The van der Waals surface area contributed by atoms with Gasteiger partial charge in [-0.05, 0) is 52.9 Å². The number of esters is 2. The average Bonchev–Trinajstić information content (AvgIpc) is 2.95. The van der Waals surface area contributed by atoms with E-state index in [-0.39, 0.29) is 35.6 Å². The zero-order chi connectivity index (χ0) is 19.2. The third kappa shape index (κ3) is 1.88. The second kappa shape index (κ2) is 5.33. The Kier molecular flexibility index (Phi) is 3.49. The maximum absolute atomic E-state index is 13.3. The van der Waals surface area contributed by atoms with E-state index >= 15 is 0 Å². The average molecular weight is 377 g/mol. The van der Waals surface area contributed by atoms with Gasteiger partial charge in [0.15, 0.2) is 5.60 Å². The molecule has 6 rings (SSSR count). The lowest BCUT2D eigenvalue weighted by Gasteiger charge is -2.67. The largest absolute Gasteiger partial charge is 0.467 e. The molecule has 7 heteroatoms. The number of carbonyl (C=O) groups excluding carboxylic acids is 2. The fourth-order valence-electron chi connectivity index (χ4n) is 6.70. The van der Waals surface area contributed by atoms with E-state index in [4.69, 9.17) is 19.1 Å². The molecule has 148 valence electrons. The molecule has 0 N–H and O–H groups in total. The number of allylic oxidation sites excluding steroid dienone is 1. The van der Waals surface area contributed by atoms with Crippen LogP contribution in [0, 0.1) is 16.7 Å². The fraction of sp³-hybridized carbons (Fsp3) is 0.800. The maximum Gasteiger partial charge on any atom is 0.340 e. The molecule has 0 unspecified atom stereocenters. The SMILES string of the molecule is COC(=O)[C@@]1(C)ON2O[C@@H](C=C(C)C)[C@]34CC[C@H]1[C@H]2[C@@]31CC[C@@H](C4)OC1=O. The summed E-state index contributed by atoms with van der Waals surface area (Å²) >= 11 is 0. The van der Waals surface area contributed by atoms with E-state index in [0.29, 0.717) is 0 Å². The van der Waals surface area contributed by atoms with Crippen molar-refractivity contribution in [1.29, 1.82) is 0 Å². The standard InChI is InChI=1S/C20H27NO6/c1-11(2)9-14-19-7-6-13-15(20(19)8-5-12(10-19)25-17(20)23)21(26-14)27-18(13,3)16(22)24-4/h9,12-15H,5-8,10H2,1-4H3/t12-,13-,14-,15-,18-,19+,20+/m0/s1. The molecule has 27 heavy (non-hydrogen) atoms. The fourth-order valence-corrected chi connectivity index (χ4v) is 6.70. The number of hydroxylamine groups is 2. The highest BCUT2D eigenvalue weighted by Gasteiger charge is 2.81. The molecule has 1 spiro atoms. The first-order valence-corrected chi connectivity index (χ1v) is 9.88. The molecule has 0 aromatic heterocycles. The van der Waals surface area contributed by atoms with Crippen molar-refractivity contribution in [1.82, 2.24) is 5.23 Å². The summed E-state index contributed by atoms with van der Waals surface area (Å²) in [7, 11) is 1.37. The van der Waals surface area contributed by atoms with Gasteiger partial charge in [-0.3, -0.25) is 14.5 Å². The number of methoxy groups -OCH3 is 1. The zero-order valence-electron chi connectivity index (χ0n) is 16.3. The number of ether oxygens (including phenoxy) is 2. The van der Waals surface area contributed by atoms with Crippen LogP contribution in [0.15, 0.2) is 11.6 Å².